The molecule has 0 bridgehead atoms. The number of aryl methyl sites for hydroxylation is 1. The van der Waals surface area contributed by atoms with E-state index in [1.54, 1.807) is 0 Å². The Morgan fingerprint density at radius 3 is 3.04 bits per heavy atom. The van der Waals surface area contributed by atoms with Crippen molar-refractivity contribution in [3.8, 4) is 5.75 Å². The minimum Gasteiger partial charge on any atom is -0.508 e. The third-order valence-electron chi connectivity index (χ3n) is 6.69. The van der Waals surface area contributed by atoms with Gasteiger partial charge in [0.15, 0.2) is 0 Å². The number of hydrogen-bond acceptors (Lipinski definition) is 1. The average Bonchev–Trinajstić information content (AvgIpc) is 2.91. The summed E-state index contributed by atoms with van der Waals surface area (Å²) in [5.41, 5.74) is 7.82. The van der Waals surface area contributed by atoms with Crippen LogP contribution in [0.2, 0.25) is 0 Å². The molecule has 1 fully saturated rings. The smallest absolute Gasteiger partial charge is 0.115 e. The molecule has 1 N–H and O–H groups in total. The van der Waals surface area contributed by atoms with Crippen LogP contribution in [0.15, 0.2) is 72.5 Å². The fourth-order valence-corrected chi connectivity index (χ4v) is 5.52. The van der Waals surface area contributed by atoms with Crippen LogP contribution in [0.4, 0.5) is 0 Å². The average molecular weight is 344 g/mol. The minimum atomic E-state index is 0.227. The minimum absolute atomic E-state index is 0.227. The van der Waals surface area contributed by atoms with Crippen molar-refractivity contribution in [1.82, 2.24) is 0 Å². The highest BCUT2D eigenvalue weighted by Gasteiger charge is 2.46. The third-order valence-corrected chi connectivity index (χ3v) is 6.69. The van der Waals surface area contributed by atoms with Gasteiger partial charge in [0.1, 0.15) is 5.75 Å². The lowest BCUT2D eigenvalue weighted by molar-refractivity contribution is 0.119. The van der Waals surface area contributed by atoms with Crippen LogP contribution in [0, 0.1) is 11.8 Å². The van der Waals surface area contributed by atoms with Gasteiger partial charge in [-0.05, 0) is 91.7 Å². The molecule has 3 aliphatic rings. The summed E-state index contributed by atoms with van der Waals surface area (Å²) in [6.07, 6.45) is 20.9. The summed E-state index contributed by atoms with van der Waals surface area (Å²) in [5, 5.41) is 9.90. The molecule has 0 spiro atoms. The molecule has 134 valence electrons. The van der Waals surface area contributed by atoms with Gasteiger partial charge >= 0.3 is 0 Å². The zero-order valence-electron chi connectivity index (χ0n) is 15.5. The van der Waals surface area contributed by atoms with E-state index in [1.165, 1.54) is 42.4 Å². The molecular weight excluding hydrogens is 316 g/mol. The summed E-state index contributed by atoms with van der Waals surface area (Å²) in [4.78, 5) is 0. The van der Waals surface area contributed by atoms with Crippen molar-refractivity contribution < 1.29 is 5.11 Å². The molecule has 1 saturated carbocycles. The topological polar surface area (TPSA) is 20.2 Å². The first-order chi connectivity index (χ1) is 12.7. The van der Waals surface area contributed by atoms with Gasteiger partial charge in [-0.1, -0.05) is 36.4 Å². The van der Waals surface area contributed by atoms with Crippen molar-refractivity contribution in [2.75, 3.05) is 0 Å². The second-order valence-corrected chi connectivity index (χ2v) is 8.15. The highest BCUT2D eigenvalue weighted by molar-refractivity contribution is 5.43. The van der Waals surface area contributed by atoms with Gasteiger partial charge in [0.2, 0.25) is 0 Å². The fourth-order valence-electron chi connectivity index (χ4n) is 5.52. The number of rotatable bonds is 4. The Kier molecular flexibility index (Phi) is 4.74. The molecule has 1 nitrogen and oxygen atoms in total. The lowest BCUT2D eigenvalue weighted by atomic mass is 9.54. The predicted molar refractivity (Wildman–Crippen MR) is 108 cm³/mol. The number of allylic oxidation sites excluding steroid dienone is 6. The van der Waals surface area contributed by atoms with Crippen molar-refractivity contribution in [3.63, 3.8) is 0 Å². The number of hydrogen-bond donors (Lipinski definition) is 1. The molecular formula is C25H28O. The summed E-state index contributed by atoms with van der Waals surface area (Å²) >= 11 is 0. The van der Waals surface area contributed by atoms with Crippen LogP contribution in [-0.4, -0.2) is 5.11 Å². The normalized spacial score (nSPS) is 29.5. The first kappa shape index (κ1) is 17.2. The van der Waals surface area contributed by atoms with Crippen LogP contribution in [0.25, 0.3) is 0 Å². The van der Waals surface area contributed by atoms with Gasteiger partial charge in [-0.25, -0.2) is 0 Å². The van der Waals surface area contributed by atoms with E-state index in [4.69, 9.17) is 0 Å². The molecule has 0 saturated heterocycles. The molecule has 0 aromatic heterocycles. The molecule has 26 heavy (non-hydrogen) atoms. The Labute approximate surface area is 157 Å². The van der Waals surface area contributed by atoms with Crippen LogP contribution in [0.1, 0.15) is 49.7 Å². The summed E-state index contributed by atoms with van der Waals surface area (Å²) in [7, 11) is 0. The van der Waals surface area contributed by atoms with Crippen LogP contribution in [0.5, 0.6) is 5.75 Å². The Balaban J connectivity index is 1.58. The van der Waals surface area contributed by atoms with Gasteiger partial charge in [-0.15, -0.1) is 12.3 Å². The van der Waals surface area contributed by atoms with Gasteiger partial charge in [0, 0.05) is 5.41 Å². The maximum atomic E-state index is 9.90. The number of aromatic hydroxyl groups is 1. The second kappa shape index (κ2) is 7.17. The standard InChI is InChI=1S/C25H28O/c1-2-14-25-15-13-20(16-19-7-5-3-4-6-8-19)17-22(25)10-9-21-18-23(26)11-12-24(21)25/h2-7,11-12,18,20,22,26H,1,9-10,13-17H2. The predicted octanol–water partition coefficient (Wildman–Crippen LogP) is 6.17. The Morgan fingerprint density at radius 2 is 2.15 bits per heavy atom. The summed E-state index contributed by atoms with van der Waals surface area (Å²) in [6, 6.07) is 6.05. The van der Waals surface area contributed by atoms with Crippen molar-refractivity contribution in [1.29, 1.82) is 0 Å². The second-order valence-electron chi connectivity index (χ2n) is 8.15. The van der Waals surface area contributed by atoms with Gasteiger partial charge in [-0.2, -0.15) is 0 Å². The van der Waals surface area contributed by atoms with Crippen LogP contribution in [0.3, 0.4) is 0 Å². The molecule has 1 aromatic carbocycles. The fraction of sp³-hybridized carbons (Fsp3) is 0.400. The molecule has 4 rings (SSSR count). The first-order valence-corrected chi connectivity index (χ1v) is 9.93. The van der Waals surface area contributed by atoms with Crippen molar-refractivity contribution >= 4 is 0 Å². The van der Waals surface area contributed by atoms with Gasteiger partial charge in [-0.3, -0.25) is 0 Å². The quantitative estimate of drug-likeness (QED) is 0.512. The molecule has 0 aliphatic heterocycles. The first-order valence-electron chi connectivity index (χ1n) is 9.93. The van der Waals surface area contributed by atoms with Gasteiger partial charge in [0.25, 0.3) is 0 Å². The number of benzene rings is 1. The number of phenolic OH excluding ortho intramolecular Hbond substituents is 1. The van der Waals surface area contributed by atoms with Crippen molar-refractivity contribution in [3.05, 3.63) is 83.7 Å². The van der Waals surface area contributed by atoms with Crippen molar-refractivity contribution in [2.45, 2.75) is 50.4 Å². The van der Waals surface area contributed by atoms with E-state index in [1.807, 2.05) is 24.3 Å². The van der Waals surface area contributed by atoms with Gasteiger partial charge < -0.3 is 5.11 Å². The summed E-state index contributed by atoms with van der Waals surface area (Å²) < 4.78 is 0. The van der Waals surface area contributed by atoms with E-state index in [-0.39, 0.29) is 5.41 Å². The van der Waals surface area contributed by atoms with Gasteiger partial charge in [0.05, 0.1) is 0 Å². The molecule has 0 amide bonds. The van der Waals surface area contributed by atoms with Crippen LogP contribution < -0.4 is 0 Å². The number of fused-ring (bicyclic) bond motifs is 3. The van der Waals surface area contributed by atoms with Crippen LogP contribution in [-0.2, 0) is 11.8 Å². The Hall–Kier alpha value is -2.24. The SMILES string of the molecule is C=CCC12CCC(CC3=C=CC=CC=C3)CC1CCc1cc(O)ccc12. The summed E-state index contributed by atoms with van der Waals surface area (Å²) in [6.45, 7) is 4.07. The third kappa shape index (κ3) is 3.13. The zero-order chi connectivity index (χ0) is 18.0. The Morgan fingerprint density at radius 1 is 1.23 bits per heavy atom. The van der Waals surface area contributed by atoms with E-state index < -0.39 is 0 Å². The van der Waals surface area contributed by atoms with E-state index in [9.17, 15) is 5.11 Å². The summed E-state index contributed by atoms with van der Waals surface area (Å²) in [5.74, 6) is 1.86. The van der Waals surface area contributed by atoms with E-state index in [0.717, 1.165) is 25.2 Å². The molecule has 0 radical (unpaired) electrons. The maximum Gasteiger partial charge on any atom is 0.115 e. The largest absolute Gasteiger partial charge is 0.508 e. The lowest BCUT2D eigenvalue weighted by Gasteiger charge is -2.50. The highest BCUT2D eigenvalue weighted by Crippen LogP contribution is 2.54. The molecule has 3 aliphatic carbocycles. The van der Waals surface area contributed by atoms with E-state index in [2.05, 4.69) is 42.7 Å². The van der Waals surface area contributed by atoms with E-state index >= 15 is 0 Å². The highest BCUT2D eigenvalue weighted by atomic mass is 16.3. The van der Waals surface area contributed by atoms with E-state index in [0.29, 0.717) is 11.7 Å². The molecule has 0 heterocycles. The number of phenols is 1. The monoisotopic (exact) mass is 344 g/mol. The lowest BCUT2D eigenvalue weighted by Crippen LogP contribution is -2.43. The van der Waals surface area contributed by atoms with Crippen molar-refractivity contribution in [2.24, 2.45) is 11.8 Å². The van der Waals surface area contributed by atoms with Crippen LogP contribution >= 0.6 is 0 Å². The Bertz CT molecular complexity index is 819. The molecule has 3 unspecified atom stereocenters. The zero-order valence-corrected chi connectivity index (χ0v) is 15.5. The molecule has 1 heteroatoms. The molecule has 1 aromatic rings. The maximum absolute atomic E-state index is 9.90. The molecule has 3 atom stereocenters.